The Kier molecular flexibility index (Phi) is 3.28. The fraction of sp³-hybridized carbons (Fsp3) is 0.786. The number of carboxylic acid groups (broad SMARTS) is 1. The van der Waals surface area contributed by atoms with Crippen molar-refractivity contribution in [3.63, 3.8) is 0 Å². The number of aromatic carboxylic acids is 1. The van der Waals surface area contributed by atoms with Crippen LogP contribution in [0.4, 0.5) is 0 Å². The first-order chi connectivity index (χ1) is 9.52. The van der Waals surface area contributed by atoms with Crippen LogP contribution in [-0.4, -0.2) is 38.3 Å². The highest BCUT2D eigenvalue weighted by Crippen LogP contribution is 2.46. The molecule has 0 radical (unpaired) electrons. The molecule has 3 rings (SSSR count). The van der Waals surface area contributed by atoms with E-state index in [-0.39, 0.29) is 23.3 Å². The van der Waals surface area contributed by atoms with Crippen molar-refractivity contribution in [1.29, 1.82) is 0 Å². The van der Waals surface area contributed by atoms with Crippen LogP contribution in [0.15, 0.2) is 0 Å². The molecule has 1 atom stereocenters. The molecule has 2 aliphatic rings. The van der Waals surface area contributed by atoms with Crippen LogP contribution in [0, 0.1) is 0 Å². The first kappa shape index (κ1) is 13.5. The standard InChI is InChI=1S/C14H21N3O3/c1-9(2)12-11(13(18)19)15-16-17(12)10-4-7-20-14(8-10)5-3-6-14/h9-10H,3-8H2,1-2H3,(H,18,19). The quantitative estimate of drug-likeness (QED) is 0.919. The molecule has 0 amide bonds. The van der Waals surface area contributed by atoms with E-state index in [1.807, 2.05) is 18.5 Å². The zero-order valence-electron chi connectivity index (χ0n) is 12.0. The van der Waals surface area contributed by atoms with Crippen LogP contribution in [0.5, 0.6) is 0 Å². The van der Waals surface area contributed by atoms with E-state index in [0.717, 1.165) is 38.0 Å². The molecular weight excluding hydrogens is 258 g/mol. The summed E-state index contributed by atoms with van der Waals surface area (Å²) in [6.45, 7) is 4.70. The first-order valence-corrected chi connectivity index (χ1v) is 7.35. The fourth-order valence-corrected chi connectivity index (χ4v) is 3.39. The fourth-order valence-electron chi connectivity index (χ4n) is 3.39. The first-order valence-electron chi connectivity index (χ1n) is 7.35. The molecule has 2 heterocycles. The van der Waals surface area contributed by atoms with Crippen LogP contribution >= 0.6 is 0 Å². The zero-order chi connectivity index (χ0) is 14.3. The van der Waals surface area contributed by atoms with Crippen LogP contribution in [0.25, 0.3) is 0 Å². The minimum absolute atomic E-state index is 0.0203. The van der Waals surface area contributed by atoms with E-state index in [1.54, 1.807) is 0 Å². The predicted octanol–water partition coefficient (Wildman–Crippen LogP) is 2.37. The second-order valence-corrected chi connectivity index (χ2v) is 6.26. The molecule has 1 N–H and O–H groups in total. The second kappa shape index (κ2) is 4.84. The number of hydrogen-bond donors (Lipinski definition) is 1. The van der Waals surface area contributed by atoms with E-state index in [0.29, 0.717) is 0 Å². The Labute approximate surface area is 118 Å². The summed E-state index contributed by atoms with van der Waals surface area (Å²) in [5.74, 6) is -0.901. The third kappa shape index (κ3) is 2.12. The van der Waals surface area contributed by atoms with Gasteiger partial charge in [-0.1, -0.05) is 19.1 Å². The van der Waals surface area contributed by atoms with E-state index in [1.165, 1.54) is 6.42 Å². The van der Waals surface area contributed by atoms with E-state index >= 15 is 0 Å². The van der Waals surface area contributed by atoms with Crippen molar-refractivity contribution >= 4 is 5.97 Å². The van der Waals surface area contributed by atoms with Gasteiger partial charge in [0.15, 0.2) is 5.69 Å². The largest absolute Gasteiger partial charge is 0.476 e. The molecule has 1 saturated carbocycles. The summed E-state index contributed by atoms with van der Waals surface area (Å²) in [6.07, 6.45) is 5.25. The monoisotopic (exact) mass is 279 g/mol. The topological polar surface area (TPSA) is 77.2 Å². The highest BCUT2D eigenvalue weighted by atomic mass is 16.5. The van der Waals surface area contributed by atoms with Crippen molar-refractivity contribution < 1.29 is 14.6 Å². The lowest BCUT2D eigenvalue weighted by molar-refractivity contribution is -0.142. The highest BCUT2D eigenvalue weighted by Gasteiger charge is 2.44. The molecule has 1 aromatic rings. The number of carbonyl (C=O) groups is 1. The molecule has 110 valence electrons. The predicted molar refractivity (Wildman–Crippen MR) is 71.9 cm³/mol. The van der Waals surface area contributed by atoms with Crippen LogP contribution in [-0.2, 0) is 4.74 Å². The van der Waals surface area contributed by atoms with Gasteiger partial charge in [0.1, 0.15) is 0 Å². The Morgan fingerprint density at radius 2 is 2.25 bits per heavy atom. The van der Waals surface area contributed by atoms with Crippen LogP contribution in [0.1, 0.15) is 74.1 Å². The third-order valence-electron chi connectivity index (χ3n) is 4.56. The van der Waals surface area contributed by atoms with Gasteiger partial charge in [-0.15, -0.1) is 5.10 Å². The molecule has 1 spiro atoms. The molecule has 6 nitrogen and oxygen atoms in total. The number of aromatic nitrogens is 3. The molecule has 20 heavy (non-hydrogen) atoms. The van der Waals surface area contributed by atoms with Gasteiger partial charge in [0, 0.05) is 6.61 Å². The summed E-state index contributed by atoms with van der Waals surface area (Å²) in [5.41, 5.74) is 0.847. The Hall–Kier alpha value is -1.43. The number of nitrogens with zero attached hydrogens (tertiary/aromatic N) is 3. The highest BCUT2D eigenvalue weighted by molar-refractivity contribution is 5.86. The molecule has 1 aliphatic heterocycles. The van der Waals surface area contributed by atoms with E-state index in [2.05, 4.69) is 10.3 Å². The SMILES string of the molecule is CC(C)c1c(C(=O)O)nnn1C1CCOC2(CCC2)C1. The lowest BCUT2D eigenvalue weighted by atomic mass is 9.74. The molecule has 1 aromatic heterocycles. The van der Waals surface area contributed by atoms with Crippen molar-refractivity contribution in [2.75, 3.05) is 6.61 Å². The van der Waals surface area contributed by atoms with Crippen molar-refractivity contribution in [3.05, 3.63) is 11.4 Å². The van der Waals surface area contributed by atoms with Crippen LogP contribution in [0.3, 0.4) is 0 Å². The Balaban J connectivity index is 1.91. The molecule has 1 aliphatic carbocycles. The number of ether oxygens (including phenoxy) is 1. The molecule has 0 aromatic carbocycles. The van der Waals surface area contributed by atoms with Gasteiger partial charge >= 0.3 is 5.97 Å². The maximum Gasteiger partial charge on any atom is 0.358 e. The zero-order valence-corrected chi connectivity index (χ0v) is 12.0. The average Bonchev–Trinajstić information content (AvgIpc) is 2.82. The third-order valence-corrected chi connectivity index (χ3v) is 4.56. The maximum atomic E-state index is 11.3. The summed E-state index contributed by atoms with van der Waals surface area (Å²) in [4.78, 5) is 11.3. The van der Waals surface area contributed by atoms with Gasteiger partial charge in [0.05, 0.1) is 17.3 Å². The second-order valence-electron chi connectivity index (χ2n) is 6.26. The lowest BCUT2D eigenvalue weighted by Crippen LogP contribution is -2.46. The average molecular weight is 279 g/mol. The molecule has 2 fully saturated rings. The van der Waals surface area contributed by atoms with E-state index in [9.17, 15) is 9.90 Å². The van der Waals surface area contributed by atoms with Crippen LogP contribution < -0.4 is 0 Å². The van der Waals surface area contributed by atoms with E-state index in [4.69, 9.17) is 4.74 Å². The Morgan fingerprint density at radius 1 is 1.50 bits per heavy atom. The number of carboxylic acids is 1. The summed E-state index contributed by atoms with van der Waals surface area (Å²) in [5, 5.41) is 17.3. The van der Waals surface area contributed by atoms with Gasteiger partial charge < -0.3 is 9.84 Å². The lowest BCUT2D eigenvalue weighted by Gasteiger charge is -2.47. The van der Waals surface area contributed by atoms with Crippen molar-refractivity contribution in [3.8, 4) is 0 Å². The van der Waals surface area contributed by atoms with Crippen molar-refractivity contribution in [2.45, 2.75) is 63.5 Å². The van der Waals surface area contributed by atoms with Gasteiger partial charge in [-0.05, 0) is 38.0 Å². The number of rotatable bonds is 3. The van der Waals surface area contributed by atoms with Gasteiger partial charge in [0.25, 0.3) is 0 Å². The molecule has 6 heteroatoms. The molecule has 1 saturated heterocycles. The summed E-state index contributed by atoms with van der Waals surface area (Å²) in [6, 6.07) is 0.210. The summed E-state index contributed by atoms with van der Waals surface area (Å²) >= 11 is 0. The number of hydrogen-bond acceptors (Lipinski definition) is 4. The van der Waals surface area contributed by atoms with Gasteiger partial charge in [0.2, 0.25) is 0 Å². The van der Waals surface area contributed by atoms with Crippen molar-refractivity contribution in [1.82, 2.24) is 15.0 Å². The molecule has 1 unspecified atom stereocenters. The molecule has 0 bridgehead atoms. The van der Waals surface area contributed by atoms with E-state index < -0.39 is 5.97 Å². The van der Waals surface area contributed by atoms with Crippen molar-refractivity contribution in [2.24, 2.45) is 0 Å². The molecular formula is C14H21N3O3. The maximum absolute atomic E-state index is 11.3. The normalized spacial score (nSPS) is 24.9. The Bertz CT molecular complexity index is 520. The summed E-state index contributed by atoms with van der Waals surface area (Å²) < 4.78 is 7.77. The van der Waals surface area contributed by atoms with Gasteiger partial charge in [-0.3, -0.25) is 0 Å². The van der Waals surface area contributed by atoms with Crippen LogP contribution in [0.2, 0.25) is 0 Å². The Morgan fingerprint density at radius 3 is 2.80 bits per heavy atom. The minimum Gasteiger partial charge on any atom is -0.476 e. The summed E-state index contributed by atoms with van der Waals surface area (Å²) in [7, 11) is 0. The van der Waals surface area contributed by atoms with Gasteiger partial charge in [-0.2, -0.15) is 0 Å². The minimum atomic E-state index is -0.995. The van der Waals surface area contributed by atoms with Gasteiger partial charge in [-0.25, -0.2) is 9.48 Å². The smallest absolute Gasteiger partial charge is 0.358 e.